The molecule has 1 heterocycles. The van der Waals surface area contributed by atoms with Gasteiger partial charge >= 0.3 is 0 Å². The van der Waals surface area contributed by atoms with Crippen molar-refractivity contribution in [2.45, 2.75) is 25.2 Å². The van der Waals surface area contributed by atoms with Gasteiger partial charge in [-0.1, -0.05) is 30.3 Å². The van der Waals surface area contributed by atoms with E-state index in [0.29, 0.717) is 6.61 Å². The first-order chi connectivity index (χ1) is 8.38. The van der Waals surface area contributed by atoms with Crippen LogP contribution in [0.1, 0.15) is 24.7 Å². The lowest BCUT2D eigenvalue weighted by Gasteiger charge is -2.34. The van der Waals surface area contributed by atoms with Gasteiger partial charge in [-0.2, -0.15) is 0 Å². The Hall–Kier alpha value is -1.19. The van der Waals surface area contributed by atoms with Crippen molar-refractivity contribution < 1.29 is 14.3 Å². The highest BCUT2D eigenvalue weighted by Gasteiger charge is 2.42. The van der Waals surface area contributed by atoms with Gasteiger partial charge < -0.3 is 14.3 Å². The predicted molar refractivity (Wildman–Crippen MR) is 62.3 cm³/mol. The molecule has 1 saturated heterocycles. The lowest BCUT2D eigenvalue weighted by atomic mass is 9.96. The first-order valence-corrected chi connectivity index (χ1v) is 6.16. The largest absolute Gasteiger partial charge is 0.348 e. The van der Waals surface area contributed by atoms with Gasteiger partial charge in [0.05, 0.1) is 12.7 Å². The summed E-state index contributed by atoms with van der Waals surface area (Å²) in [6.07, 6.45) is 2.89. The van der Waals surface area contributed by atoms with Gasteiger partial charge in [-0.3, -0.25) is 0 Å². The fraction of sp³-hybridized carbons (Fsp3) is 0.500. The number of carbonyl (C=O) groups is 1. The minimum Gasteiger partial charge on any atom is -0.348 e. The Bertz CT molecular complexity index is 390. The topological polar surface area (TPSA) is 35.5 Å². The van der Waals surface area contributed by atoms with Gasteiger partial charge in [0, 0.05) is 17.4 Å². The van der Waals surface area contributed by atoms with Crippen LogP contribution in [0.4, 0.5) is 0 Å². The summed E-state index contributed by atoms with van der Waals surface area (Å²) >= 11 is 0. The molecule has 1 aromatic carbocycles. The number of hydrogen-bond acceptors (Lipinski definition) is 3. The van der Waals surface area contributed by atoms with Gasteiger partial charge in [0.2, 0.25) is 0 Å². The van der Waals surface area contributed by atoms with Crippen molar-refractivity contribution in [3.05, 3.63) is 35.9 Å². The lowest BCUT2D eigenvalue weighted by Crippen LogP contribution is -2.35. The first kappa shape index (κ1) is 10.9. The highest BCUT2D eigenvalue weighted by atomic mass is 16.7. The summed E-state index contributed by atoms with van der Waals surface area (Å²) in [6.45, 7) is 0.633. The number of benzene rings is 1. The van der Waals surface area contributed by atoms with E-state index >= 15 is 0 Å². The Kier molecular flexibility index (Phi) is 2.95. The molecule has 3 nitrogen and oxygen atoms in total. The quantitative estimate of drug-likeness (QED) is 0.734. The van der Waals surface area contributed by atoms with Crippen LogP contribution in [-0.2, 0) is 14.3 Å². The molecule has 0 N–H and O–H groups in total. The molecule has 2 fully saturated rings. The Balaban J connectivity index is 1.72. The maximum Gasteiger partial charge on any atom is 0.184 e. The standard InChI is InChI=1S/C14H16O3/c15-8-11-6-7-13-12(11)9-16-14(17-13)10-4-2-1-3-5-10/h1-5,8,11-14H,6-7,9H2. The predicted octanol–water partition coefficient (Wildman–Crippen LogP) is 2.33. The van der Waals surface area contributed by atoms with Crippen molar-refractivity contribution in [1.29, 1.82) is 0 Å². The SMILES string of the molecule is O=CC1CCC2OC(c3ccccc3)OCC12. The highest BCUT2D eigenvalue weighted by molar-refractivity contribution is 5.55. The molecule has 1 aliphatic heterocycles. The van der Waals surface area contributed by atoms with Gasteiger partial charge in [0.15, 0.2) is 6.29 Å². The molecule has 1 saturated carbocycles. The van der Waals surface area contributed by atoms with E-state index in [-0.39, 0.29) is 24.2 Å². The molecule has 3 heteroatoms. The van der Waals surface area contributed by atoms with Crippen LogP contribution in [-0.4, -0.2) is 19.0 Å². The van der Waals surface area contributed by atoms with E-state index in [9.17, 15) is 4.79 Å². The second-order valence-electron chi connectivity index (χ2n) is 4.79. The van der Waals surface area contributed by atoms with E-state index < -0.39 is 0 Å². The van der Waals surface area contributed by atoms with Crippen LogP contribution in [0.5, 0.6) is 0 Å². The number of carbonyl (C=O) groups excluding carboxylic acids is 1. The van der Waals surface area contributed by atoms with Crippen LogP contribution in [0.2, 0.25) is 0 Å². The normalized spacial score (nSPS) is 36.5. The molecule has 1 aliphatic carbocycles. The van der Waals surface area contributed by atoms with Gasteiger partial charge in [-0.25, -0.2) is 0 Å². The summed E-state index contributed by atoms with van der Waals surface area (Å²) in [5.41, 5.74) is 1.06. The minimum absolute atomic E-state index is 0.122. The number of aldehydes is 1. The van der Waals surface area contributed by atoms with Crippen molar-refractivity contribution in [1.82, 2.24) is 0 Å². The molecular formula is C14H16O3. The second kappa shape index (κ2) is 4.59. The van der Waals surface area contributed by atoms with Crippen molar-refractivity contribution in [3.8, 4) is 0 Å². The summed E-state index contributed by atoms with van der Waals surface area (Å²) < 4.78 is 11.7. The van der Waals surface area contributed by atoms with E-state index in [1.807, 2.05) is 30.3 Å². The van der Waals surface area contributed by atoms with Crippen molar-refractivity contribution in [2.75, 3.05) is 6.61 Å². The molecule has 17 heavy (non-hydrogen) atoms. The van der Waals surface area contributed by atoms with Crippen LogP contribution in [0.15, 0.2) is 30.3 Å². The van der Waals surface area contributed by atoms with E-state index in [1.54, 1.807) is 0 Å². The van der Waals surface area contributed by atoms with Gasteiger partial charge in [0.25, 0.3) is 0 Å². The average molecular weight is 232 g/mol. The van der Waals surface area contributed by atoms with Crippen molar-refractivity contribution in [3.63, 3.8) is 0 Å². The first-order valence-electron chi connectivity index (χ1n) is 6.16. The van der Waals surface area contributed by atoms with E-state index in [4.69, 9.17) is 9.47 Å². The van der Waals surface area contributed by atoms with Gasteiger partial charge in [0.1, 0.15) is 6.29 Å². The third kappa shape index (κ3) is 2.01. The maximum atomic E-state index is 10.9. The molecule has 0 bridgehead atoms. The molecule has 4 unspecified atom stereocenters. The molecular weight excluding hydrogens is 216 g/mol. The van der Waals surface area contributed by atoms with Crippen LogP contribution < -0.4 is 0 Å². The Labute approximate surface area is 101 Å². The van der Waals surface area contributed by atoms with Crippen LogP contribution in [0.3, 0.4) is 0 Å². The van der Waals surface area contributed by atoms with Crippen LogP contribution in [0, 0.1) is 11.8 Å². The molecule has 0 amide bonds. The second-order valence-corrected chi connectivity index (χ2v) is 4.79. The average Bonchev–Trinajstić information content (AvgIpc) is 2.81. The van der Waals surface area contributed by atoms with Gasteiger partial charge in [-0.15, -0.1) is 0 Å². The molecule has 3 rings (SSSR count). The summed E-state index contributed by atoms with van der Waals surface area (Å²) in [5, 5.41) is 0. The Morgan fingerprint density at radius 1 is 1.18 bits per heavy atom. The number of ether oxygens (including phenoxy) is 2. The van der Waals surface area contributed by atoms with E-state index in [2.05, 4.69) is 0 Å². The molecule has 0 radical (unpaired) electrons. The number of fused-ring (bicyclic) bond motifs is 1. The monoisotopic (exact) mass is 232 g/mol. The van der Waals surface area contributed by atoms with Crippen LogP contribution in [0.25, 0.3) is 0 Å². The summed E-state index contributed by atoms with van der Waals surface area (Å²) in [5.74, 6) is 0.379. The summed E-state index contributed by atoms with van der Waals surface area (Å²) in [7, 11) is 0. The number of hydrogen-bond donors (Lipinski definition) is 0. The van der Waals surface area contributed by atoms with Crippen molar-refractivity contribution >= 4 is 6.29 Å². The zero-order valence-electron chi connectivity index (χ0n) is 9.62. The lowest BCUT2D eigenvalue weighted by molar-refractivity contribution is -0.237. The third-order valence-electron chi connectivity index (χ3n) is 3.80. The smallest absolute Gasteiger partial charge is 0.184 e. The zero-order chi connectivity index (χ0) is 11.7. The fourth-order valence-corrected chi connectivity index (χ4v) is 2.81. The van der Waals surface area contributed by atoms with Crippen LogP contribution >= 0.6 is 0 Å². The van der Waals surface area contributed by atoms with E-state index in [1.165, 1.54) is 0 Å². The molecule has 90 valence electrons. The fourth-order valence-electron chi connectivity index (χ4n) is 2.81. The minimum atomic E-state index is -0.261. The zero-order valence-corrected chi connectivity index (χ0v) is 9.62. The van der Waals surface area contributed by atoms with Gasteiger partial charge in [-0.05, 0) is 12.8 Å². The molecule has 4 atom stereocenters. The third-order valence-corrected chi connectivity index (χ3v) is 3.80. The highest BCUT2D eigenvalue weighted by Crippen LogP contribution is 2.40. The maximum absolute atomic E-state index is 10.9. The number of rotatable bonds is 2. The molecule has 1 aromatic rings. The van der Waals surface area contributed by atoms with Crippen molar-refractivity contribution in [2.24, 2.45) is 11.8 Å². The summed E-state index contributed by atoms with van der Waals surface area (Å²) in [4.78, 5) is 10.9. The Morgan fingerprint density at radius 2 is 2.00 bits per heavy atom. The Morgan fingerprint density at radius 3 is 2.76 bits per heavy atom. The van der Waals surface area contributed by atoms with E-state index in [0.717, 1.165) is 24.7 Å². The molecule has 2 aliphatic rings. The summed E-state index contributed by atoms with van der Waals surface area (Å²) in [6, 6.07) is 9.97. The molecule has 0 aromatic heterocycles. The molecule has 0 spiro atoms.